The van der Waals surface area contributed by atoms with Gasteiger partial charge in [0.15, 0.2) is 0 Å². The monoisotopic (exact) mass is 355 g/mol. The second-order valence-electron chi connectivity index (χ2n) is 5.94. The Morgan fingerprint density at radius 2 is 1.75 bits per heavy atom. The van der Waals surface area contributed by atoms with Gasteiger partial charge in [-0.3, -0.25) is 9.59 Å². The van der Waals surface area contributed by atoms with Crippen LogP contribution in [-0.4, -0.2) is 67.5 Å². The van der Waals surface area contributed by atoms with Crippen molar-refractivity contribution in [1.29, 1.82) is 0 Å². The highest BCUT2D eigenvalue weighted by Crippen LogP contribution is 2.19. The van der Waals surface area contributed by atoms with Crippen LogP contribution in [0.1, 0.15) is 12.8 Å². The standard InChI is InChI=1S/C15H21N3O5S/c19-14-4-3-13(24(21,22)18-5-1-2-6-18)11-17(14)12-15(20)16-7-9-23-10-8-16/h3-4,11H,1-2,5-10,12H2. The molecule has 9 heteroatoms. The molecule has 0 N–H and O–H groups in total. The second-order valence-corrected chi connectivity index (χ2v) is 7.87. The summed E-state index contributed by atoms with van der Waals surface area (Å²) in [6, 6.07) is 2.52. The van der Waals surface area contributed by atoms with E-state index in [9.17, 15) is 18.0 Å². The lowest BCUT2D eigenvalue weighted by Gasteiger charge is -2.27. The van der Waals surface area contributed by atoms with E-state index in [4.69, 9.17) is 4.74 Å². The smallest absolute Gasteiger partial charge is 0.251 e. The van der Waals surface area contributed by atoms with Gasteiger partial charge in [0.25, 0.3) is 5.56 Å². The summed E-state index contributed by atoms with van der Waals surface area (Å²) >= 11 is 0. The number of ether oxygens (including phenoxy) is 1. The van der Waals surface area contributed by atoms with Gasteiger partial charge in [0, 0.05) is 38.4 Å². The van der Waals surface area contributed by atoms with Gasteiger partial charge in [-0.15, -0.1) is 0 Å². The molecule has 24 heavy (non-hydrogen) atoms. The number of pyridine rings is 1. The number of rotatable bonds is 4. The molecule has 0 radical (unpaired) electrons. The third kappa shape index (κ3) is 3.52. The van der Waals surface area contributed by atoms with E-state index in [2.05, 4.69) is 0 Å². The molecule has 1 aromatic rings. The minimum absolute atomic E-state index is 0.0544. The van der Waals surface area contributed by atoms with Crippen LogP contribution in [0.4, 0.5) is 0 Å². The summed E-state index contributed by atoms with van der Waals surface area (Å²) in [5, 5.41) is 0. The Labute approximate surface area is 140 Å². The van der Waals surface area contributed by atoms with Gasteiger partial charge in [-0.05, 0) is 18.9 Å². The summed E-state index contributed by atoms with van der Waals surface area (Å²) in [7, 11) is -3.61. The van der Waals surface area contributed by atoms with Crippen LogP contribution in [0.3, 0.4) is 0 Å². The van der Waals surface area contributed by atoms with Crippen molar-refractivity contribution in [3.8, 4) is 0 Å². The van der Waals surface area contributed by atoms with Crippen molar-refractivity contribution in [1.82, 2.24) is 13.8 Å². The minimum atomic E-state index is -3.61. The predicted molar refractivity (Wildman–Crippen MR) is 86.1 cm³/mol. The highest BCUT2D eigenvalue weighted by atomic mass is 32.2. The molecule has 0 spiro atoms. The Morgan fingerprint density at radius 1 is 1.08 bits per heavy atom. The SMILES string of the molecule is O=C(Cn1cc(S(=O)(=O)N2CCCC2)ccc1=O)N1CCOCC1. The van der Waals surface area contributed by atoms with Crippen LogP contribution in [0.25, 0.3) is 0 Å². The summed E-state index contributed by atoms with van der Waals surface area (Å²) in [6.07, 6.45) is 2.96. The first-order valence-corrected chi connectivity index (χ1v) is 9.49. The Morgan fingerprint density at radius 3 is 2.42 bits per heavy atom. The number of nitrogens with zero attached hydrogens (tertiary/aromatic N) is 3. The molecule has 0 saturated carbocycles. The van der Waals surface area contributed by atoms with Crippen LogP contribution < -0.4 is 5.56 Å². The average Bonchev–Trinajstić information content (AvgIpc) is 3.13. The Hall–Kier alpha value is -1.71. The summed E-state index contributed by atoms with van der Waals surface area (Å²) in [5.41, 5.74) is -0.392. The molecule has 3 heterocycles. The lowest BCUT2D eigenvalue weighted by atomic mass is 10.4. The van der Waals surface area contributed by atoms with Gasteiger partial charge in [-0.1, -0.05) is 0 Å². The van der Waals surface area contributed by atoms with Gasteiger partial charge < -0.3 is 14.2 Å². The zero-order valence-corrected chi connectivity index (χ0v) is 14.2. The molecule has 8 nitrogen and oxygen atoms in total. The highest BCUT2D eigenvalue weighted by molar-refractivity contribution is 7.89. The van der Waals surface area contributed by atoms with Crippen LogP contribution in [-0.2, 0) is 26.1 Å². The van der Waals surface area contributed by atoms with Gasteiger partial charge in [0.1, 0.15) is 6.54 Å². The van der Waals surface area contributed by atoms with Gasteiger partial charge in [-0.2, -0.15) is 4.31 Å². The number of hydrogen-bond donors (Lipinski definition) is 0. The summed E-state index contributed by atoms with van der Waals surface area (Å²) < 4.78 is 33.0. The molecule has 0 unspecified atom stereocenters. The zero-order valence-electron chi connectivity index (χ0n) is 13.4. The Kier molecular flexibility index (Phi) is 5.02. The summed E-state index contributed by atoms with van der Waals surface area (Å²) in [5.74, 6) is -0.212. The van der Waals surface area contributed by atoms with E-state index >= 15 is 0 Å². The highest BCUT2D eigenvalue weighted by Gasteiger charge is 2.28. The molecule has 2 aliphatic rings. The maximum atomic E-state index is 12.6. The largest absolute Gasteiger partial charge is 0.378 e. The van der Waals surface area contributed by atoms with Gasteiger partial charge >= 0.3 is 0 Å². The topological polar surface area (TPSA) is 88.9 Å². The van der Waals surface area contributed by atoms with Crippen molar-refractivity contribution in [2.24, 2.45) is 0 Å². The van der Waals surface area contributed by atoms with Crippen molar-refractivity contribution in [2.75, 3.05) is 39.4 Å². The molecule has 0 aromatic carbocycles. The number of sulfonamides is 1. The first-order chi connectivity index (χ1) is 11.5. The number of hydrogen-bond acceptors (Lipinski definition) is 5. The van der Waals surface area contributed by atoms with Crippen LogP contribution in [0.2, 0.25) is 0 Å². The molecular formula is C15H21N3O5S. The Bertz CT molecular complexity index is 762. The number of carbonyl (C=O) groups excluding carboxylic acids is 1. The molecule has 3 rings (SSSR count). The van der Waals surface area contributed by atoms with E-state index in [0.29, 0.717) is 39.4 Å². The molecule has 1 aromatic heterocycles. The Balaban J connectivity index is 1.81. The van der Waals surface area contributed by atoms with Crippen molar-refractivity contribution in [3.63, 3.8) is 0 Å². The van der Waals surface area contributed by atoms with E-state index in [1.54, 1.807) is 4.90 Å². The van der Waals surface area contributed by atoms with Crippen molar-refractivity contribution >= 4 is 15.9 Å². The maximum Gasteiger partial charge on any atom is 0.251 e. The molecular weight excluding hydrogens is 334 g/mol. The molecule has 0 bridgehead atoms. The normalized spacial score (nSPS) is 19.6. The van der Waals surface area contributed by atoms with Crippen LogP contribution in [0, 0.1) is 0 Å². The molecule has 0 atom stereocenters. The van der Waals surface area contributed by atoms with Crippen molar-refractivity contribution in [3.05, 3.63) is 28.7 Å². The number of morpholine rings is 1. The molecule has 2 saturated heterocycles. The average molecular weight is 355 g/mol. The fourth-order valence-electron chi connectivity index (χ4n) is 2.92. The first kappa shape index (κ1) is 17.1. The lowest BCUT2D eigenvalue weighted by molar-refractivity contribution is -0.135. The van der Waals surface area contributed by atoms with E-state index in [-0.39, 0.29) is 17.3 Å². The van der Waals surface area contributed by atoms with Crippen LogP contribution >= 0.6 is 0 Å². The van der Waals surface area contributed by atoms with Gasteiger partial charge in [0.2, 0.25) is 15.9 Å². The van der Waals surface area contributed by atoms with Gasteiger partial charge in [0.05, 0.1) is 18.1 Å². The molecule has 1 amide bonds. The fourth-order valence-corrected chi connectivity index (χ4v) is 4.46. The minimum Gasteiger partial charge on any atom is -0.378 e. The maximum absolute atomic E-state index is 12.6. The molecule has 2 aliphatic heterocycles. The fraction of sp³-hybridized carbons (Fsp3) is 0.600. The quantitative estimate of drug-likeness (QED) is 0.726. The third-order valence-electron chi connectivity index (χ3n) is 4.33. The van der Waals surface area contributed by atoms with Crippen LogP contribution in [0.5, 0.6) is 0 Å². The molecule has 2 fully saturated rings. The third-order valence-corrected chi connectivity index (χ3v) is 6.21. The number of aromatic nitrogens is 1. The summed E-state index contributed by atoms with van der Waals surface area (Å²) in [6.45, 7) is 2.75. The molecule has 0 aliphatic carbocycles. The lowest BCUT2D eigenvalue weighted by Crippen LogP contribution is -2.43. The van der Waals surface area contributed by atoms with E-state index in [1.165, 1.54) is 27.2 Å². The first-order valence-electron chi connectivity index (χ1n) is 8.05. The second kappa shape index (κ2) is 7.04. The number of amides is 1. The zero-order chi connectivity index (χ0) is 17.2. The van der Waals surface area contributed by atoms with E-state index in [0.717, 1.165) is 12.8 Å². The van der Waals surface area contributed by atoms with E-state index < -0.39 is 15.6 Å². The predicted octanol–water partition coefficient (Wildman–Crippen LogP) is -0.508. The number of carbonyl (C=O) groups is 1. The van der Waals surface area contributed by atoms with Crippen molar-refractivity contribution < 1.29 is 17.9 Å². The van der Waals surface area contributed by atoms with Crippen LogP contribution in [0.15, 0.2) is 28.0 Å². The van der Waals surface area contributed by atoms with Crippen molar-refractivity contribution in [2.45, 2.75) is 24.3 Å². The van der Waals surface area contributed by atoms with Gasteiger partial charge in [-0.25, -0.2) is 8.42 Å². The van der Waals surface area contributed by atoms with E-state index in [1.807, 2.05) is 0 Å². The summed E-state index contributed by atoms with van der Waals surface area (Å²) in [4.78, 5) is 26.0. The molecule has 132 valence electrons.